The van der Waals surface area contributed by atoms with Gasteiger partial charge in [-0.1, -0.05) is 0 Å². The number of aromatic nitrogens is 1. The van der Waals surface area contributed by atoms with Crippen LogP contribution in [-0.2, 0) is 4.74 Å². The number of methoxy groups -OCH3 is 2. The highest BCUT2D eigenvalue weighted by Crippen LogP contribution is 2.24. The summed E-state index contributed by atoms with van der Waals surface area (Å²) in [5.41, 5.74) is 0.175. The second-order valence-corrected chi connectivity index (χ2v) is 3.40. The number of fused-ring (bicyclic) bond motifs is 1. The van der Waals surface area contributed by atoms with E-state index in [-0.39, 0.29) is 11.4 Å². The Bertz CT molecular complexity index is 583. The van der Waals surface area contributed by atoms with E-state index in [2.05, 4.69) is 9.72 Å². The Morgan fingerprint density at radius 1 is 1.24 bits per heavy atom. The summed E-state index contributed by atoms with van der Waals surface area (Å²) in [6.45, 7) is 0. The molecular weight excluding hydrogens is 225 g/mol. The molecule has 0 aliphatic carbocycles. The topological polar surface area (TPSA) is 48.4 Å². The molecule has 0 aliphatic rings. The van der Waals surface area contributed by atoms with Gasteiger partial charge >= 0.3 is 5.97 Å². The number of carbonyl (C=O) groups is 1. The number of rotatable bonds is 2. The molecule has 0 atom stereocenters. The van der Waals surface area contributed by atoms with Crippen LogP contribution in [0.4, 0.5) is 4.39 Å². The minimum atomic E-state index is -0.532. The van der Waals surface area contributed by atoms with Crippen LogP contribution in [0.1, 0.15) is 10.5 Å². The number of pyridine rings is 1. The first-order valence-corrected chi connectivity index (χ1v) is 4.87. The molecule has 0 spiro atoms. The van der Waals surface area contributed by atoms with E-state index in [0.717, 1.165) is 0 Å². The van der Waals surface area contributed by atoms with Crippen molar-refractivity contribution in [3.05, 3.63) is 35.9 Å². The van der Waals surface area contributed by atoms with Crippen molar-refractivity contribution in [3.63, 3.8) is 0 Å². The Morgan fingerprint density at radius 2 is 2.00 bits per heavy atom. The van der Waals surface area contributed by atoms with Crippen molar-refractivity contribution >= 4 is 16.7 Å². The van der Waals surface area contributed by atoms with Crippen molar-refractivity contribution < 1.29 is 18.7 Å². The summed E-state index contributed by atoms with van der Waals surface area (Å²) in [6, 6.07) is 4.35. The molecule has 0 N–H and O–H groups in total. The molecule has 4 nitrogen and oxygen atoms in total. The Hall–Kier alpha value is -2.17. The third kappa shape index (κ3) is 2.04. The first kappa shape index (κ1) is 11.3. The van der Waals surface area contributed by atoms with E-state index in [4.69, 9.17) is 4.74 Å². The normalized spacial score (nSPS) is 10.3. The van der Waals surface area contributed by atoms with Crippen molar-refractivity contribution in [2.24, 2.45) is 0 Å². The molecule has 1 aromatic carbocycles. The lowest BCUT2D eigenvalue weighted by Gasteiger charge is -2.05. The zero-order chi connectivity index (χ0) is 12.4. The second-order valence-electron chi connectivity index (χ2n) is 3.40. The third-order valence-corrected chi connectivity index (χ3v) is 2.39. The van der Waals surface area contributed by atoms with E-state index in [9.17, 15) is 9.18 Å². The van der Waals surface area contributed by atoms with Gasteiger partial charge in [0.1, 0.15) is 5.69 Å². The molecule has 0 fully saturated rings. The Kier molecular flexibility index (Phi) is 2.91. The van der Waals surface area contributed by atoms with E-state index in [0.29, 0.717) is 10.8 Å². The largest absolute Gasteiger partial charge is 0.494 e. The average Bonchev–Trinajstić information content (AvgIpc) is 2.36. The van der Waals surface area contributed by atoms with Gasteiger partial charge in [-0.25, -0.2) is 14.2 Å². The van der Waals surface area contributed by atoms with Crippen molar-refractivity contribution in [2.75, 3.05) is 14.2 Å². The van der Waals surface area contributed by atoms with E-state index in [1.165, 1.54) is 38.6 Å². The molecule has 0 amide bonds. The molecule has 2 rings (SSSR count). The van der Waals surface area contributed by atoms with Crippen molar-refractivity contribution in [3.8, 4) is 5.75 Å². The van der Waals surface area contributed by atoms with E-state index < -0.39 is 11.8 Å². The fraction of sp³-hybridized carbons (Fsp3) is 0.167. The van der Waals surface area contributed by atoms with E-state index in [1.807, 2.05) is 0 Å². The SMILES string of the molecule is COC(=O)c1cc2cc(OC)c(F)cc2cn1. The summed E-state index contributed by atoms with van der Waals surface area (Å²) in [6.07, 6.45) is 1.42. The van der Waals surface area contributed by atoms with E-state index >= 15 is 0 Å². The quantitative estimate of drug-likeness (QED) is 0.748. The minimum Gasteiger partial charge on any atom is -0.494 e. The lowest BCUT2D eigenvalue weighted by molar-refractivity contribution is 0.0594. The average molecular weight is 235 g/mol. The predicted octanol–water partition coefficient (Wildman–Crippen LogP) is 2.17. The smallest absolute Gasteiger partial charge is 0.356 e. The number of esters is 1. The van der Waals surface area contributed by atoms with Crippen LogP contribution in [0.3, 0.4) is 0 Å². The number of hydrogen-bond donors (Lipinski definition) is 0. The predicted molar refractivity (Wildman–Crippen MR) is 59.6 cm³/mol. The van der Waals surface area contributed by atoms with Crippen LogP contribution in [0.5, 0.6) is 5.75 Å². The maximum Gasteiger partial charge on any atom is 0.356 e. The molecule has 0 aliphatic heterocycles. The molecule has 5 heteroatoms. The van der Waals surface area contributed by atoms with E-state index in [1.54, 1.807) is 0 Å². The van der Waals surface area contributed by atoms with Gasteiger partial charge in [-0.15, -0.1) is 0 Å². The van der Waals surface area contributed by atoms with Crippen LogP contribution in [0.25, 0.3) is 10.8 Å². The maximum absolute atomic E-state index is 13.4. The molecular formula is C12H10FNO3. The van der Waals surface area contributed by atoms with Gasteiger partial charge in [-0.3, -0.25) is 0 Å². The lowest BCUT2D eigenvalue weighted by Crippen LogP contribution is -2.03. The Balaban J connectivity index is 2.60. The monoisotopic (exact) mass is 235 g/mol. The van der Waals surface area contributed by atoms with Crippen LogP contribution in [0.2, 0.25) is 0 Å². The Labute approximate surface area is 97.0 Å². The van der Waals surface area contributed by atoms with Gasteiger partial charge in [0.05, 0.1) is 14.2 Å². The summed E-state index contributed by atoms with van der Waals surface area (Å²) in [7, 11) is 2.66. The zero-order valence-electron chi connectivity index (χ0n) is 9.36. The van der Waals surface area contributed by atoms with Crippen LogP contribution >= 0.6 is 0 Å². The lowest BCUT2D eigenvalue weighted by atomic mass is 10.1. The summed E-state index contributed by atoms with van der Waals surface area (Å²) < 4.78 is 22.8. The number of carbonyl (C=O) groups excluding carboxylic acids is 1. The number of ether oxygens (including phenoxy) is 2. The summed E-state index contributed by atoms with van der Waals surface area (Å²) >= 11 is 0. The number of benzene rings is 1. The molecule has 0 saturated heterocycles. The Morgan fingerprint density at radius 3 is 2.65 bits per heavy atom. The minimum absolute atomic E-state index is 0.125. The van der Waals surface area contributed by atoms with Crippen molar-refractivity contribution in [1.82, 2.24) is 4.98 Å². The summed E-state index contributed by atoms with van der Waals surface area (Å²) in [4.78, 5) is 15.2. The van der Waals surface area contributed by atoms with Crippen LogP contribution in [-0.4, -0.2) is 25.2 Å². The highest BCUT2D eigenvalue weighted by molar-refractivity contribution is 5.93. The number of hydrogen-bond acceptors (Lipinski definition) is 4. The van der Waals surface area contributed by atoms with Crippen LogP contribution < -0.4 is 4.74 Å². The first-order chi connectivity index (χ1) is 8.15. The van der Waals surface area contributed by atoms with Crippen LogP contribution in [0.15, 0.2) is 24.4 Å². The zero-order valence-corrected chi connectivity index (χ0v) is 9.36. The van der Waals surface area contributed by atoms with Gasteiger partial charge < -0.3 is 9.47 Å². The molecule has 0 saturated carbocycles. The van der Waals surface area contributed by atoms with Gasteiger partial charge in [0, 0.05) is 11.6 Å². The van der Waals surface area contributed by atoms with Gasteiger partial charge in [0.15, 0.2) is 11.6 Å². The molecule has 1 heterocycles. The standard InChI is InChI=1S/C12H10FNO3/c1-16-11-5-7-4-10(12(15)17-2)14-6-8(7)3-9(11)13/h3-6H,1-2H3. The maximum atomic E-state index is 13.4. The molecule has 0 radical (unpaired) electrons. The highest BCUT2D eigenvalue weighted by Gasteiger charge is 2.10. The molecule has 2 aromatic rings. The molecule has 17 heavy (non-hydrogen) atoms. The number of nitrogens with zero attached hydrogens (tertiary/aromatic N) is 1. The summed E-state index contributed by atoms with van der Waals surface area (Å²) in [5.74, 6) is -0.873. The third-order valence-electron chi connectivity index (χ3n) is 2.39. The molecule has 1 aromatic heterocycles. The molecule has 0 bridgehead atoms. The van der Waals surface area contributed by atoms with Crippen LogP contribution in [0, 0.1) is 5.82 Å². The van der Waals surface area contributed by atoms with Gasteiger partial charge in [-0.05, 0) is 23.6 Å². The number of halogens is 1. The summed E-state index contributed by atoms with van der Waals surface area (Å²) in [5, 5.41) is 1.26. The van der Waals surface area contributed by atoms with Gasteiger partial charge in [0.2, 0.25) is 0 Å². The fourth-order valence-corrected chi connectivity index (χ4v) is 1.52. The molecule has 0 unspecified atom stereocenters. The molecule has 88 valence electrons. The second kappa shape index (κ2) is 4.37. The fourth-order valence-electron chi connectivity index (χ4n) is 1.52. The van der Waals surface area contributed by atoms with Gasteiger partial charge in [-0.2, -0.15) is 0 Å². The first-order valence-electron chi connectivity index (χ1n) is 4.87. The van der Waals surface area contributed by atoms with Crippen molar-refractivity contribution in [1.29, 1.82) is 0 Å². The van der Waals surface area contributed by atoms with Crippen molar-refractivity contribution in [2.45, 2.75) is 0 Å². The van der Waals surface area contributed by atoms with Gasteiger partial charge in [0.25, 0.3) is 0 Å². The highest BCUT2D eigenvalue weighted by atomic mass is 19.1.